The van der Waals surface area contributed by atoms with Crippen molar-refractivity contribution in [3.8, 4) is 0 Å². The van der Waals surface area contributed by atoms with Crippen molar-refractivity contribution < 1.29 is 23.4 Å². The van der Waals surface area contributed by atoms with Gasteiger partial charge in [-0.15, -0.1) is 0 Å². The van der Waals surface area contributed by atoms with Gasteiger partial charge in [-0.1, -0.05) is 30.3 Å². The fourth-order valence-electron chi connectivity index (χ4n) is 5.24. The Bertz CT molecular complexity index is 847. The van der Waals surface area contributed by atoms with E-state index in [0.29, 0.717) is 25.7 Å². The third kappa shape index (κ3) is 4.99. The number of rotatable bonds is 7. The highest BCUT2D eigenvalue weighted by Gasteiger charge is 2.57. The highest BCUT2D eigenvalue weighted by Crippen LogP contribution is 2.51. The molecule has 2 aliphatic heterocycles. The average Bonchev–Trinajstić information content (AvgIpc) is 2.79. The first kappa shape index (κ1) is 24.6. The number of aliphatic hydroxyl groups is 2. The first-order valence-corrected chi connectivity index (χ1v) is 12.7. The summed E-state index contributed by atoms with van der Waals surface area (Å²) in [5.41, 5.74) is -0.659. The molecule has 3 rings (SSSR count). The molecule has 1 aromatic carbocycles. The Balaban J connectivity index is 1.96. The summed E-state index contributed by atoms with van der Waals surface area (Å²) in [5.74, 6) is 0.0897. The van der Waals surface area contributed by atoms with Gasteiger partial charge in [0, 0.05) is 12.6 Å². The highest BCUT2D eigenvalue weighted by molar-refractivity contribution is 7.90. The third-order valence-electron chi connectivity index (χ3n) is 7.17. The van der Waals surface area contributed by atoms with E-state index in [1.54, 1.807) is 13.8 Å². The second-order valence-corrected chi connectivity index (χ2v) is 12.3. The predicted molar refractivity (Wildman–Crippen MR) is 121 cm³/mol. The predicted octanol–water partition coefficient (Wildman–Crippen LogP) is 1.85. The normalized spacial score (nSPS) is 35.2. The lowest BCUT2D eigenvalue weighted by molar-refractivity contribution is -0.250. The molecule has 0 aliphatic carbocycles. The van der Waals surface area contributed by atoms with Gasteiger partial charge in [0.25, 0.3) is 0 Å². The van der Waals surface area contributed by atoms with Crippen molar-refractivity contribution in [3.05, 3.63) is 35.9 Å². The minimum absolute atomic E-state index is 0.0897. The number of hydrogen-bond acceptors (Lipinski definition) is 6. The zero-order valence-corrected chi connectivity index (χ0v) is 20.1. The fraction of sp³-hybridized carbons (Fsp3) is 0.739. The topological polar surface area (TPSA) is 99.1 Å². The number of hydrogen-bond donors (Lipinski definition) is 3. The van der Waals surface area contributed by atoms with Crippen molar-refractivity contribution in [2.45, 2.75) is 87.1 Å². The van der Waals surface area contributed by atoms with Crippen molar-refractivity contribution in [2.24, 2.45) is 0 Å². The van der Waals surface area contributed by atoms with E-state index in [2.05, 4.69) is 16.9 Å². The number of nitrogens with one attached hydrogen (secondary N) is 1. The molecular weight excluding hydrogens is 416 g/mol. The molecule has 31 heavy (non-hydrogen) atoms. The van der Waals surface area contributed by atoms with E-state index >= 15 is 0 Å². The summed E-state index contributed by atoms with van der Waals surface area (Å²) >= 11 is 0. The molecule has 2 aliphatic rings. The van der Waals surface area contributed by atoms with Crippen LogP contribution < -0.4 is 4.72 Å². The van der Waals surface area contributed by atoms with Gasteiger partial charge in [0.15, 0.2) is 0 Å². The number of aliphatic hydroxyl groups excluding tert-OH is 2. The van der Waals surface area contributed by atoms with Gasteiger partial charge in [0.1, 0.15) is 0 Å². The van der Waals surface area contributed by atoms with Gasteiger partial charge in [-0.2, -0.15) is 0 Å². The second kappa shape index (κ2) is 9.08. The molecule has 2 heterocycles. The fourth-order valence-corrected chi connectivity index (χ4v) is 5.96. The summed E-state index contributed by atoms with van der Waals surface area (Å²) in [6.07, 6.45) is 0.643. The molecule has 2 bridgehead atoms. The Morgan fingerprint density at radius 3 is 2.45 bits per heavy atom. The van der Waals surface area contributed by atoms with Crippen molar-refractivity contribution in [3.63, 3.8) is 0 Å². The molecule has 7 nitrogen and oxygen atoms in total. The molecule has 2 saturated heterocycles. The van der Waals surface area contributed by atoms with Gasteiger partial charge >= 0.3 is 0 Å². The lowest BCUT2D eigenvalue weighted by atomic mass is 9.72. The lowest BCUT2D eigenvalue weighted by Gasteiger charge is -2.52. The lowest BCUT2D eigenvalue weighted by Crippen LogP contribution is -2.61. The van der Waals surface area contributed by atoms with Crippen LogP contribution in [0.5, 0.6) is 0 Å². The monoisotopic (exact) mass is 454 g/mol. The zero-order chi connectivity index (χ0) is 23.0. The van der Waals surface area contributed by atoms with E-state index in [-0.39, 0.29) is 18.5 Å². The van der Waals surface area contributed by atoms with Crippen molar-refractivity contribution in [1.82, 2.24) is 9.62 Å². The highest BCUT2D eigenvalue weighted by atomic mass is 32.2. The summed E-state index contributed by atoms with van der Waals surface area (Å²) in [7, 11) is 0.380. The summed E-state index contributed by atoms with van der Waals surface area (Å²) in [4.78, 5) is 2.01. The van der Waals surface area contributed by atoms with Crippen LogP contribution in [-0.4, -0.2) is 78.9 Å². The molecule has 176 valence electrons. The number of likely N-dealkylation sites (N-methyl/N-ethyl adjacent to an activating group) is 1. The second-order valence-electron chi connectivity index (χ2n) is 9.97. The number of sulfonamides is 1. The van der Waals surface area contributed by atoms with Crippen LogP contribution in [0.15, 0.2) is 30.3 Å². The number of nitrogens with zero attached hydrogens (tertiary/aromatic N) is 1. The van der Waals surface area contributed by atoms with Crippen LogP contribution in [-0.2, 0) is 14.8 Å². The molecule has 3 N–H and O–H groups in total. The molecule has 0 radical (unpaired) electrons. The molecule has 1 unspecified atom stereocenters. The Morgan fingerprint density at radius 2 is 1.87 bits per heavy atom. The van der Waals surface area contributed by atoms with Gasteiger partial charge in [0.2, 0.25) is 10.0 Å². The van der Waals surface area contributed by atoms with Gasteiger partial charge < -0.3 is 19.8 Å². The number of ether oxygens (including phenoxy) is 1. The molecule has 0 saturated carbocycles. The Hall–Kier alpha value is -1.03. The molecule has 0 aromatic heterocycles. The van der Waals surface area contributed by atoms with Gasteiger partial charge in [-0.05, 0) is 72.0 Å². The molecular formula is C23H38N2O5S. The molecule has 6 atom stereocenters. The van der Waals surface area contributed by atoms with Crippen molar-refractivity contribution in [1.29, 1.82) is 0 Å². The zero-order valence-electron chi connectivity index (χ0n) is 19.3. The molecule has 2 fully saturated rings. The first-order chi connectivity index (χ1) is 14.4. The van der Waals surface area contributed by atoms with E-state index in [1.165, 1.54) is 0 Å². The SMILES string of the molecule is CC(C)S(=O)(=O)NCC(O)[C@]12CC[C@@H](N(C)C)[C@H](O)[C@](C)(C[C@@H](c3ccccc3)C1)O2. The first-order valence-electron chi connectivity index (χ1n) is 11.2. The van der Waals surface area contributed by atoms with Crippen LogP contribution in [0.4, 0.5) is 0 Å². The van der Waals surface area contributed by atoms with E-state index in [4.69, 9.17) is 4.74 Å². The quantitative estimate of drug-likeness (QED) is 0.582. The average molecular weight is 455 g/mol. The summed E-state index contributed by atoms with van der Waals surface area (Å²) < 4.78 is 33.7. The van der Waals surface area contributed by atoms with E-state index in [1.807, 2.05) is 44.1 Å². The number of benzene rings is 1. The van der Waals surface area contributed by atoms with Gasteiger partial charge in [0.05, 0.1) is 28.7 Å². The summed E-state index contributed by atoms with van der Waals surface area (Å²) in [5, 5.41) is 22.0. The third-order valence-corrected chi connectivity index (χ3v) is 8.98. The Morgan fingerprint density at radius 1 is 1.23 bits per heavy atom. The smallest absolute Gasteiger partial charge is 0.214 e. The van der Waals surface area contributed by atoms with Crippen LogP contribution >= 0.6 is 0 Å². The van der Waals surface area contributed by atoms with Crippen LogP contribution in [0.1, 0.15) is 57.9 Å². The van der Waals surface area contributed by atoms with Crippen LogP contribution in [0.25, 0.3) is 0 Å². The van der Waals surface area contributed by atoms with Crippen molar-refractivity contribution >= 4 is 10.0 Å². The number of fused-ring (bicyclic) bond motifs is 2. The van der Waals surface area contributed by atoms with Crippen LogP contribution in [0, 0.1) is 0 Å². The minimum atomic E-state index is -3.51. The van der Waals surface area contributed by atoms with Crippen LogP contribution in [0.2, 0.25) is 0 Å². The molecule has 1 aromatic rings. The molecule has 0 spiro atoms. The standard InChI is InChI=1S/C23H38N2O5S/c1-16(2)31(28,29)24-15-20(26)23-12-11-19(25(4)5)21(27)22(3,30-23)13-18(14-23)17-9-7-6-8-10-17/h6-10,16,18-21,24,26-27H,11-15H2,1-5H3/t18-,19-,20?,21+,22+,23+/m1/s1. The van der Waals surface area contributed by atoms with E-state index < -0.39 is 38.7 Å². The minimum Gasteiger partial charge on any atom is -0.389 e. The van der Waals surface area contributed by atoms with E-state index in [0.717, 1.165) is 5.56 Å². The summed E-state index contributed by atoms with van der Waals surface area (Å²) in [6.45, 7) is 5.03. The van der Waals surface area contributed by atoms with Gasteiger partial charge in [-0.3, -0.25) is 0 Å². The van der Waals surface area contributed by atoms with Gasteiger partial charge in [-0.25, -0.2) is 13.1 Å². The maximum atomic E-state index is 12.3. The maximum absolute atomic E-state index is 12.3. The van der Waals surface area contributed by atoms with Crippen LogP contribution in [0.3, 0.4) is 0 Å². The Labute approximate surface area is 186 Å². The maximum Gasteiger partial charge on any atom is 0.214 e. The molecule has 0 amide bonds. The van der Waals surface area contributed by atoms with Crippen molar-refractivity contribution in [2.75, 3.05) is 20.6 Å². The van der Waals surface area contributed by atoms with E-state index in [9.17, 15) is 18.6 Å². The molecule has 8 heteroatoms. The largest absolute Gasteiger partial charge is 0.389 e. The summed E-state index contributed by atoms with van der Waals surface area (Å²) in [6, 6.07) is 10.00. The Kier molecular flexibility index (Phi) is 7.21.